The van der Waals surface area contributed by atoms with Gasteiger partial charge in [0.2, 0.25) is 5.13 Å². The van der Waals surface area contributed by atoms with Gasteiger partial charge in [-0.15, -0.1) is 21.5 Å². The van der Waals surface area contributed by atoms with Crippen molar-refractivity contribution in [1.29, 1.82) is 0 Å². The van der Waals surface area contributed by atoms with Crippen LogP contribution in [-0.4, -0.2) is 29.3 Å². The second-order valence-electron chi connectivity index (χ2n) is 6.25. The molecular formula is C21H15N3O3S2. The Morgan fingerprint density at radius 3 is 2.55 bits per heavy atom. The minimum Gasteiger partial charge on any atom is -0.486 e. The van der Waals surface area contributed by atoms with Crippen molar-refractivity contribution in [2.24, 2.45) is 0 Å². The number of hydrogen-bond acceptors (Lipinski definition) is 7. The first-order chi connectivity index (χ1) is 14.3. The van der Waals surface area contributed by atoms with Gasteiger partial charge in [-0.3, -0.25) is 10.1 Å². The van der Waals surface area contributed by atoms with Gasteiger partial charge in [-0.2, -0.15) is 0 Å². The summed E-state index contributed by atoms with van der Waals surface area (Å²) in [5.41, 5.74) is 1.96. The van der Waals surface area contributed by atoms with Gasteiger partial charge in [0.25, 0.3) is 5.91 Å². The number of anilines is 1. The summed E-state index contributed by atoms with van der Waals surface area (Å²) in [6, 6.07) is 19.3. The molecule has 0 fully saturated rings. The normalized spacial score (nSPS) is 12.6. The maximum atomic E-state index is 12.6. The van der Waals surface area contributed by atoms with Gasteiger partial charge in [-0.25, -0.2) is 0 Å². The first kappa shape index (κ1) is 17.8. The van der Waals surface area contributed by atoms with Crippen LogP contribution in [0.5, 0.6) is 11.5 Å². The molecule has 8 heteroatoms. The monoisotopic (exact) mass is 421 g/mol. The summed E-state index contributed by atoms with van der Waals surface area (Å²) in [7, 11) is 0. The summed E-state index contributed by atoms with van der Waals surface area (Å²) < 4.78 is 11.2. The molecule has 2 aromatic heterocycles. The van der Waals surface area contributed by atoms with Gasteiger partial charge in [0.05, 0.1) is 4.88 Å². The van der Waals surface area contributed by atoms with E-state index in [-0.39, 0.29) is 5.91 Å². The number of amides is 1. The van der Waals surface area contributed by atoms with Crippen LogP contribution in [0.1, 0.15) is 9.67 Å². The van der Waals surface area contributed by atoms with E-state index in [1.54, 1.807) is 0 Å². The number of carbonyl (C=O) groups excluding carboxylic acids is 1. The lowest BCUT2D eigenvalue weighted by Crippen LogP contribution is -2.15. The third-order valence-corrected chi connectivity index (χ3v) is 6.34. The first-order valence-electron chi connectivity index (χ1n) is 8.96. The van der Waals surface area contributed by atoms with E-state index in [9.17, 15) is 4.79 Å². The number of hydrogen-bond donors (Lipinski definition) is 1. The fraction of sp³-hybridized carbons (Fsp3) is 0.0952. The summed E-state index contributed by atoms with van der Waals surface area (Å²) in [6.45, 7) is 1.11. The third-order valence-electron chi connectivity index (χ3n) is 4.32. The maximum absolute atomic E-state index is 12.6. The van der Waals surface area contributed by atoms with Gasteiger partial charge in [0.1, 0.15) is 18.2 Å². The van der Waals surface area contributed by atoms with E-state index in [1.165, 1.54) is 22.7 Å². The highest BCUT2D eigenvalue weighted by molar-refractivity contribution is 7.19. The van der Waals surface area contributed by atoms with Gasteiger partial charge in [0, 0.05) is 10.4 Å². The van der Waals surface area contributed by atoms with Crippen LogP contribution < -0.4 is 14.8 Å². The molecule has 0 atom stereocenters. The van der Waals surface area contributed by atoms with E-state index in [0.717, 1.165) is 32.5 Å². The second-order valence-corrected chi connectivity index (χ2v) is 8.32. The van der Waals surface area contributed by atoms with Crippen molar-refractivity contribution >= 4 is 33.7 Å². The molecule has 1 amide bonds. The van der Waals surface area contributed by atoms with E-state index in [1.807, 2.05) is 60.7 Å². The van der Waals surface area contributed by atoms with Gasteiger partial charge in [-0.1, -0.05) is 41.7 Å². The Kier molecular flexibility index (Phi) is 4.71. The molecule has 0 saturated carbocycles. The number of rotatable bonds is 4. The number of fused-ring (bicyclic) bond motifs is 1. The Hall–Kier alpha value is -3.23. The summed E-state index contributed by atoms with van der Waals surface area (Å²) in [5.74, 6) is 1.28. The molecule has 1 aliphatic heterocycles. The summed E-state index contributed by atoms with van der Waals surface area (Å²) >= 11 is 2.76. The fourth-order valence-corrected chi connectivity index (χ4v) is 4.58. The Morgan fingerprint density at radius 1 is 0.862 bits per heavy atom. The van der Waals surface area contributed by atoms with Gasteiger partial charge in [-0.05, 0) is 35.9 Å². The molecule has 5 rings (SSSR count). The van der Waals surface area contributed by atoms with E-state index < -0.39 is 0 Å². The first-order valence-corrected chi connectivity index (χ1v) is 10.6. The lowest BCUT2D eigenvalue weighted by molar-refractivity contribution is 0.103. The highest BCUT2D eigenvalue weighted by atomic mass is 32.1. The van der Waals surface area contributed by atoms with Gasteiger partial charge >= 0.3 is 0 Å². The second kappa shape index (κ2) is 7.65. The molecule has 0 saturated heterocycles. The molecule has 0 spiro atoms. The molecule has 0 aliphatic carbocycles. The Labute approximate surface area is 174 Å². The lowest BCUT2D eigenvalue weighted by atomic mass is 10.1. The van der Waals surface area contributed by atoms with E-state index in [2.05, 4.69) is 15.5 Å². The van der Waals surface area contributed by atoms with Crippen molar-refractivity contribution in [3.63, 3.8) is 0 Å². The Balaban J connectivity index is 1.32. The van der Waals surface area contributed by atoms with Crippen LogP contribution in [0.25, 0.3) is 21.0 Å². The minimum atomic E-state index is -0.199. The molecule has 1 aliphatic rings. The molecule has 0 bridgehead atoms. The quantitative estimate of drug-likeness (QED) is 0.504. The van der Waals surface area contributed by atoms with Crippen molar-refractivity contribution in [2.45, 2.75) is 0 Å². The van der Waals surface area contributed by atoms with Crippen LogP contribution in [0, 0.1) is 0 Å². The smallest absolute Gasteiger partial charge is 0.267 e. The number of thiophene rings is 1. The molecule has 29 heavy (non-hydrogen) atoms. The predicted molar refractivity (Wildman–Crippen MR) is 114 cm³/mol. The number of nitrogens with one attached hydrogen (secondary N) is 1. The number of ether oxygens (including phenoxy) is 2. The average Bonchev–Trinajstić information content (AvgIpc) is 3.44. The molecule has 4 aromatic rings. The highest BCUT2D eigenvalue weighted by Crippen LogP contribution is 2.37. The number of benzene rings is 2. The standard InChI is InChI=1S/C21H15N3O3S2/c25-19(22-21-24-23-20(29-21)13-4-2-1-3-5-13)18-9-8-17(28-18)14-6-7-15-16(12-14)27-11-10-26-15/h1-9,12H,10-11H2,(H,22,24,25). The number of nitrogens with zero attached hydrogens (tertiary/aromatic N) is 2. The molecule has 144 valence electrons. The van der Waals surface area contributed by atoms with Crippen molar-refractivity contribution in [3.05, 3.63) is 65.5 Å². The summed E-state index contributed by atoms with van der Waals surface area (Å²) in [6.07, 6.45) is 0. The molecule has 6 nitrogen and oxygen atoms in total. The maximum Gasteiger partial charge on any atom is 0.267 e. The van der Waals surface area contributed by atoms with Crippen molar-refractivity contribution in [1.82, 2.24) is 10.2 Å². The fourth-order valence-electron chi connectivity index (χ4n) is 2.94. The number of carbonyl (C=O) groups is 1. The zero-order valence-corrected chi connectivity index (χ0v) is 16.8. The van der Waals surface area contributed by atoms with Crippen LogP contribution in [0.2, 0.25) is 0 Å². The van der Waals surface area contributed by atoms with Crippen LogP contribution in [-0.2, 0) is 0 Å². The van der Waals surface area contributed by atoms with Crippen LogP contribution in [0.15, 0.2) is 60.7 Å². The van der Waals surface area contributed by atoms with Crippen molar-refractivity contribution in [2.75, 3.05) is 18.5 Å². The van der Waals surface area contributed by atoms with Gasteiger partial charge < -0.3 is 9.47 Å². The summed E-state index contributed by atoms with van der Waals surface area (Å²) in [4.78, 5) is 14.2. The lowest BCUT2D eigenvalue weighted by Gasteiger charge is -2.18. The minimum absolute atomic E-state index is 0.199. The van der Waals surface area contributed by atoms with E-state index >= 15 is 0 Å². The highest BCUT2D eigenvalue weighted by Gasteiger charge is 2.16. The van der Waals surface area contributed by atoms with E-state index in [4.69, 9.17) is 9.47 Å². The van der Waals surface area contributed by atoms with Crippen molar-refractivity contribution < 1.29 is 14.3 Å². The topological polar surface area (TPSA) is 73.3 Å². The van der Waals surface area contributed by atoms with Crippen molar-refractivity contribution in [3.8, 4) is 32.5 Å². The molecule has 2 aromatic carbocycles. The molecule has 3 heterocycles. The molecule has 1 N–H and O–H groups in total. The van der Waals surface area contributed by atoms with Gasteiger partial charge in [0.15, 0.2) is 11.5 Å². The largest absolute Gasteiger partial charge is 0.486 e. The van der Waals surface area contributed by atoms with Crippen LogP contribution in [0.3, 0.4) is 0 Å². The molecule has 0 unspecified atom stereocenters. The Bertz CT molecular complexity index is 1170. The summed E-state index contributed by atoms with van der Waals surface area (Å²) in [5, 5.41) is 12.3. The average molecular weight is 422 g/mol. The molecule has 0 radical (unpaired) electrons. The zero-order valence-electron chi connectivity index (χ0n) is 15.1. The zero-order chi connectivity index (χ0) is 19.6. The Morgan fingerprint density at radius 2 is 1.69 bits per heavy atom. The third kappa shape index (κ3) is 3.72. The molecular weight excluding hydrogens is 406 g/mol. The predicted octanol–water partition coefficient (Wildman–Crippen LogP) is 4.96. The van der Waals surface area contributed by atoms with E-state index in [0.29, 0.717) is 23.2 Å². The van der Waals surface area contributed by atoms with Crippen LogP contribution in [0.4, 0.5) is 5.13 Å². The van der Waals surface area contributed by atoms with Crippen LogP contribution >= 0.6 is 22.7 Å². The number of aromatic nitrogens is 2. The SMILES string of the molecule is O=C(Nc1nnc(-c2ccccc2)s1)c1ccc(-c2ccc3c(c2)OCCO3)s1.